The molecule has 0 spiro atoms. The number of hydrogen-bond donors (Lipinski definition) is 2. The van der Waals surface area contributed by atoms with Crippen molar-refractivity contribution in [1.82, 2.24) is 10.0 Å². The fourth-order valence-electron chi connectivity index (χ4n) is 3.81. The highest BCUT2D eigenvalue weighted by molar-refractivity contribution is 7.99. The van der Waals surface area contributed by atoms with E-state index >= 15 is 0 Å². The number of sulfonamides is 1. The number of benzene rings is 4. The van der Waals surface area contributed by atoms with Crippen molar-refractivity contribution in [3.8, 4) is 0 Å². The molecule has 1 amide bonds. The van der Waals surface area contributed by atoms with Gasteiger partial charge in [0.25, 0.3) is 10.0 Å². The van der Waals surface area contributed by atoms with E-state index in [9.17, 15) is 13.2 Å². The van der Waals surface area contributed by atoms with Gasteiger partial charge in [-0.25, -0.2) is 13.1 Å². The van der Waals surface area contributed by atoms with Gasteiger partial charge in [0.15, 0.2) is 0 Å². The van der Waals surface area contributed by atoms with Crippen molar-refractivity contribution in [2.24, 2.45) is 0 Å². The molecule has 5 nitrogen and oxygen atoms in total. The number of thioether (sulfide) groups is 1. The van der Waals surface area contributed by atoms with E-state index in [1.165, 1.54) is 17.0 Å². The molecule has 0 saturated heterocycles. The van der Waals surface area contributed by atoms with Crippen LogP contribution in [-0.4, -0.2) is 26.6 Å². The maximum atomic E-state index is 13.2. The third-order valence-corrected chi connectivity index (χ3v) is 7.99. The first-order valence-corrected chi connectivity index (χ1v) is 14.1. The van der Waals surface area contributed by atoms with Gasteiger partial charge in [-0.2, -0.15) is 0 Å². The molecule has 0 atom stereocenters. The molecular formula is C29H28N2O3S2. The molecule has 7 heteroatoms. The highest BCUT2D eigenvalue weighted by Crippen LogP contribution is 2.25. The van der Waals surface area contributed by atoms with Crippen LogP contribution in [0.25, 0.3) is 0 Å². The second-order valence-corrected chi connectivity index (χ2v) is 11.1. The van der Waals surface area contributed by atoms with Crippen LogP contribution < -0.4 is 10.0 Å². The molecule has 36 heavy (non-hydrogen) atoms. The fraction of sp³-hybridized carbons (Fsp3) is 0.138. The summed E-state index contributed by atoms with van der Waals surface area (Å²) in [5.74, 6) is -0.388. The Balaban J connectivity index is 1.36. The average molecular weight is 517 g/mol. The van der Waals surface area contributed by atoms with Crippen LogP contribution in [0.3, 0.4) is 0 Å². The second kappa shape index (κ2) is 12.5. The summed E-state index contributed by atoms with van der Waals surface area (Å²) in [5.41, 5.74) is 2.42. The maximum absolute atomic E-state index is 13.2. The van der Waals surface area contributed by atoms with Gasteiger partial charge in [0.1, 0.15) is 0 Å². The first kappa shape index (κ1) is 25.7. The fourth-order valence-corrected chi connectivity index (χ4v) is 5.64. The van der Waals surface area contributed by atoms with Crippen molar-refractivity contribution >= 4 is 27.7 Å². The maximum Gasteiger partial charge on any atom is 0.264 e. The van der Waals surface area contributed by atoms with Gasteiger partial charge in [-0.1, -0.05) is 91.0 Å². The molecule has 0 aliphatic rings. The van der Waals surface area contributed by atoms with Gasteiger partial charge in [-0.15, -0.1) is 11.8 Å². The van der Waals surface area contributed by atoms with Crippen LogP contribution in [0, 0.1) is 0 Å². The van der Waals surface area contributed by atoms with E-state index in [4.69, 9.17) is 0 Å². The highest BCUT2D eigenvalue weighted by Gasteiger charge is 2.27. The Morgan fingerprint density at radius 3 is 1.81 bits per heavy atom. The van der Waals surface area contributed by atoms with Gasteiger partial charge >= 0.3 is 0 Å². The minimum Gasteiger partial charge on any atom is -0.312 e. The summed E-state index contributed by atoms with van der Waals surface area (Å²) in [4.78, 5) is 14.5. The van der Waals surface area contributed by atoms with Crippen LogP contribution in [0.5, 0.6) is 0 Å². The van der Waals surface area contributed by atoms with Gasteiger partial charge in [-0.05, 0) is 41.0 Å². The number of hydrogen-bond acceptors (Lipinski definition) is 5. The number of amides is 1. The molecule has 0 bridgehead atoms. The lowest BCUT2D eigenvalue weighted by molar-refractivity contribution is -0.119. The summed E-state index contributed by atoms with van der Waals surface area (Å²) in [7, 11) is -4.02. The van der Waals surface area contributed by atoms with Gasteiger partial charge < -0.3 is 5.32 Å². The van der Waals surface area contributed by atoms with E-state index < -0.39 is 21.8 Å². The third kappa shape index (κ3) is 7.07. The van der Waals surface area contributed by atoms with Crippen LogP contribution in [0.15, 0.2) is 125 Å². The van der Waals surface area contributed by atoms with E-state index in [-0.39, 0.29) is 4.90 Å². The molecular weight excluding hydrogens is 488 g/mol. The second-order valence-electron chi connectivity index (χ2n) is 8.21. The Bertz CT molecular complexity index is 1310. The van der Waals surface area contributed by atoms with Crippen molar-refractivity contribution in [1.29, 1.82) is 0 Å². The van der Waals surface area contributed by atoms with Gasteiger partial charge in [0.05, 0.1) is 10.8 Å². The summed E-state index contributed by atoms with van der Waals surface area (Å²) in [6, 6.07) is 35.2. The Morgan fingerprint density at radius 1 is 0.722 bits per heavy atom. The van der Waals surface area contributed by atoms with Crippen molar-refractivity contribution in [2.75, 3.05) is 12.3 Å². The zero-order valence-corrected chi connectivity index (χ0v) is 21.3. The van der Waals surface area contributed by atoms with E-state index in [0.717, 1.165) is 29.0 Å². The zero-order valence-electron chi connectivity index (χ0n) is 19.7. The molecule has 4 rings (SSSR count). The molecule has 184 valence electrons. The van der Waals surface area contributed by atoms with Crippen LogP contribution in [0.4, 0.5) is 0 Å². The van der Waals surface area contributed by atoms with Gasteiger partial charge in [-0.3, -0.25) is 4.79 Å². The van der Waals surface area contributed by atoms with E-state index in [1.807, 2.05) is 78.9 Å². The number of carbonyl (C=O) groups excluding carboxylic acids is 1. The molecule has 4 aromatic rings. The number of carbonyl (C=O) groups is 1. The van der Waals surface area contributed by atoms with Gasteiger partial charge in [0.2, 0.25) is 5.91 Å². The molecule has 0 unspecified atom stereocenters. The lowest BCUT2D eigenvalue weighted by Crippen LogP contribution is -2.35. The predicted octanol–water partition coefficient (Wildman–Crippen LogP) is 5.21. The average Bonchev–Trinajstić information content (AvgIpc) is 2.90. The summed E-state index contributed by atoms with van der Waals surface area (Å²) in [6.45, 7) is 1.46. The lowest BCUT2D eigenvalue weighted by Gasteiger charge is -2.18. The highest BCUT2D eigenvalue weighted by atomic mass is 32.2. The topological polar surface area (TPSA) is 75.3 Å². The van der Waals surface area contributed by atoms with Crippen molar-refractivity contribution in [3.05, 3.63) is 132 Å². The first-order chi connectivity index (χ1) is 17.5. The van der Waals surface area contributed by atoms with E-state index in [1.54, 1.807) is 23.9 Å². The van der Waals surface area contributed by atoms with Crippen molar-refractivity contribution in [3.63, 3.8) is 0 Å². The molecule has 0 fully saturated rings. The minimum atomic E-state index is -4.02. The van der Waals surface area contributed by atoms with Gasteiger partial charge in [0, 0.05) is 23.7 Å². The molecule has 0 heterocycles. The molecule has 0 radical (unpaired) electrons. The van der Waals surface area contributed by atoms with E-state index in [0.29, 0.717) is 6.54 Å². The first-order valence-electron chi connectivity index (χ1n) is 11.7. The van der Waals surface area contributed by atoms with Crippen LogP contribution >= 0.6 is 11.8 Å². The SMILES string of the molecule is O=C(NS(=O)(=O)c1ccc(CNCCSc2ccccc2)cc1)C(c1ccccc1)c1ccccc1. The lowest BCUT2D eigenvalue weighted by atomic mass is 9.91. The smallest absolute Gasteiger partial charge is 0.264 e. The Morgan fingerprint density at radius 2 is 1.25 bits per heavy atom. The van der Waals surface area contributed by atoms with Crippen LogP contribution in [-0.2, 0) is 21.4 Å². The summed E-state index contributed by atoms with van der Waals surface area (Å²) >= 11 is 1.78. The summed E-state index contributed by atoms with van der Waals surface area (Å²) in [6.07, 6.45) is 0. The number of rotatable bonds is 11. The number of nitrogens with one attached hydrogen (secondary N) is 2. The van der Waals surface area contributed by atoms with Crippen LogP contribution in [0.2, 0.25) is 0 Å². The molecule has 0 saturated carbocycles. The quantitative estimate of drug-likeness (QED) is 0.212. The monoisotopic (exact) mass is 516 g/mol. The normalized spacial score (nSPS) is 11.4. The Kier molecular flexibility index (Phi) is 8.95. The molecule has 2 N–H and O–H groups in total. The van der Waals surface area contributed by atoms with Crippen molar-refractivity contribution in [2.45, 2.75) is 22.3 Å². The predicted molar refractivity (Wildman–Crippen MR) is 145 cm³/mol. The minimum absolute atomic E-state index is 0.0547. The van der Waals surface area contributed by atoms with Crippen LogP contribution in [0.1, 0.15) is 22.6 Å². The molecule has 4 aromatic carbocycles. The van der Waals surface area contributed by atoms with E-state index in [2.05, 4.69) is 22.2 Å². The Labute approximate surface area is 217 Å². The molecule has 0 aliphatic heterocycles. The zero-order chi connectivity index (χ0) is 25.2. The third-order valence-electron chi connectivity index (χ3n) is 5.62. The largest absolute Gasteiger partial charge is 0.312 e. The standard InChI is InChI=1S/C29H28N2O3S2/c32-29(28(24-10-4-1-5-11-24)25-12-6-2-7-13-25)31-36(33,34)27-18-16-23(17-19-27)22-30-20-21-35-26-14-8-3-9-15-26/h1-19,28,30H,20-22H2,(H,31,32). The summed E-state index contributed by atoms with van der Waals surface area (Å²) < 4.78 is 28.3. The summed E-state index contributed by atoms with van der Waals surface area (Å²) in [5, 5.41) is 3.37. The van der Waals surface area contributed by atoms with Crippen molar-refractivity contribution < 1.29 is 13.2 Å². The molecule has 0 aliphatic carbocycles. The Hall–Kier alpha value is -3.39. The molecule has 0 aromatic heterocycles.